The van der Waals surface area contributed by atoms with E-state index in [2.05, 4.69) is 21.2 Å². The monoisotopic (exact) mass is 503 g/mol. The maximum Gasteiger partial charge on any atom is 0.329 e. The molecule has 0 bridgehead atoms. The van der Waals surface area contributed by atoms with Crippen LogP contribution < -0.4 is 27.2 Å². The first-order valence-corrected chi connectivity index (χ1v) is 11.0. The molecule has 1 spiro atoms. The molecule has 4 N–H and O–H groups in total. The Bertz CT molecular complexity index is 1170. The SMILES string of the molecule is [B]c1c([B])c(Cl)c([B])c(NC2(C(=O)O)CCC3(CC2)C(Br)=Cc2cc(O)c(O)cc23)c1[B]. The number of carboxylic acids is 1. The molecule has 154 valence electrons. The van der Waals surface area contributed by atoms with Crippen LogP contribution in [0, 0.1) is 0 Å². The molecule has 0 saturated heterocycles. The van der Waals surface area contributed by atoms with Crippen LogP contribution in [0.5, 0.6) is 11.5 Å². The van der Waals surface area contributed by atoms with Crippen molar-refractivity contribution in [1.29, 1.82) is 0 Å². The Hall–Kier alpha value is -1.92. The number of halogens is 2. The molecule has 0 heterocycles. The molecule has 5 nitrogen and oxygen atoms in total. The number of rotatable bonds is 3. The van der Waals surface area contributed by atoms with E-state index in [9.17, 15) is 20.1 Å². The fraction of sp³-hybridized carbons (Fsp3) is 0.286. The van der Waals surface area contributed by atoms with Crippen molar-refractivity contribution in [1.82, 2.24) is 0 Å². The summed E-state index contributed by atoms with van der Waals surface area (Å²) in [7, 11) is 23.9. The van der Waals surface area contributed by atoms with Crippen molar-refractivity contribution in [2.75, 3.05) is 5.32 Å². The van der Waals surface area contributed by atoms with Crippen molar-refractivity contribution in [3.63, 3.8) is 0 Å². The van der Waals surface area contributed by atoms with E-state index in [4.69, 9.17) is 43.0 Å². The highest BCUT2D eigenvalue weighted by molar-refractivity contribution is 9.11. The third-order valence-corrected chi connectivity index (χ3v) is 8.12. The van der Waals surface area contributed by atoms with Gasteiger partial charge in [-0.3, -0.25) is 0 Å². The fourth-order valence-corrected chi connectivity index (χ4v) is 5.76. The normalized spacial score (nSPS) is 24.2. The lowest BCUT2D eigenvalue weighted by atomic mass is 9.64. The molecule has 4 rings (SSSR count). The number of phenols is 2. The summed E-state index contributed by atoms with van der Waals surface area (Å²) in [6.45, 7) is 0. The summed E-state index contributed by atoms with van der Waals surface area (Å²) in [6, 6.07) is 3.03. The Labute approximate surface area is 204 Å². The van der Waals surface area contributed by atoms with E-state index in [1.165, 1.54) is 12.1 Å². The summed E-state index contributed by atoms with van der Waals surface area (Å²) in [5.41, 5.74) is -0.00713. The van der Waals surface area contributed by atoms with Crippen LogP contribution in [0.25, 0.3) is 6.08 Å². The van der Waals surface area contributed by atoms with Gasteiger partial charge in [0.2, 0.25) is 0 Å². The fourth-order valence-electron chi connectivity index (χ4n) is 4.71. The highest BCUT2D eigenvalue weighted by Crippen LogP contribution is 2.56. The highest BCUT2D eigenvalue weighted by atomic mass is 79.9. The second-order valence-corrected chi connectivity index (χ2v) is 9.59. The average molecular weight is 504 g/mol. The first kappa shape index (κ1) is 23.2. The van der Waals surface area contributed by atoms with E-state index in [0.29, 0.717) is 12.8 Å². The molecule has 8 radical (unpaired) electrons. The van der Waals surface area contributed by atoms with Gasteiger partial charge in [0, 0.05) is 20.6 Å². The minimum atomic E-state index is -1.38. The number of aromatic hydroxyl groups is 2. The van der Waals surface area contributed by atoms with E-state index in [1.54, 1.807) is 0 Å². The van der Waals surface area contributed by atoms with Crippen molar-refractivity contribution in [2.45, 2.75) is 36.6 Å². The summed E-state index contributed by atoms with van der Waals surface area (Å²) >= 11 is 9.79. The van der Waals surface area contributed by atoms with Gasteiger partial charge in [-0.25, -0.2) is 4.79 Å². The number of phenolic OH excluding ortho intramolecular Hbond substituents is 2. The molecule has 2 aromatic rings. The minimum Gasteiger partial charge on any atom is -0.504 e. The zero-order valence-electron chi connectivity index (χ0n) is 16.9. The second-order valence-electron chi connectivity index (χ2n) is 8.36. The van der Waals surface area contributed by atoms with Gasteiger partial charge in [-0.15, -0.1) is 5.46 Å². The quantitative estimate of drug-likeness (QED) is 0.360. The Morgan fingerprint density at radius 3 is 2.16 bits per heavy atom. The minimum absolute atomic E-state index is 0.0118. The summed E-state index contributed by atoms with van der Waals surface area (Å²) in [4.78, 5) is 12.4. The van der Waals surface area contributed by atoms with Crippen LogP contribution in [0.2, 0.25) is 5.02 Å². The van der Waals surface area contributed by atoms with E-state index in [1.807, 2.05) is 6.08 Å². The molecule has 2 aliphatic rings. The predicted molar refractivity (Wildman–Crippen MR) is 134 cm³/mol. The molecule has 0 aliphatic heterocycles. The number of anilines is 1. The smallest absolute Gasteiger partial charge is 0.329 e. The summed E-state index contributed by atoms with van der Waals surface area (Å²) in [6.07, 6.45) is 3.20. The molecule has 2 aromatic carbocycles. The molecule has 1 saturated carbocycles. The molecular formula is C21H15B4BrClNO4. The number of carboxylic acid groups (broad SMARTS) is 1. The second kappa shape index (κ2) is 7.84. The molecule has 0 unspecified atom stereocenters. The Balaban J connectivity index is 1.71. The molecular weight excluding hydrogens is 489 g/mol. The summed E-state index contributed by atoms with van der Waals surface area (Å²) in [5.74, 6) is -1.50. The number of aliphatic carboxylic acids is 1. The van der Waals surface area contributed by atoms with Gasteiger partial charge >= 0.3 is 5.97 Å². The number of benzene rings is 2. The number of allylic oxidation sites excluding steroid dienone is 1. The predicted octanol–water partition coefficient (Wildman–Crippen LogP) is 0.423. The first-order chi connectivity index (χ1) is 14.9. The Kier molecular flexibility index (Phi) is 5.69. The maximum atomic E-state index is 12.4. The van der Waals surface area contributed by atoms with Crippen molar-refractivity contribution in [3.05, 3.63) is 32.8 Å². The van der Waals surface area contributed by atoms with Crippen LogP contribution in [0.4, 0.5) is 5.69 Å². The van der Waals surface area contributed by atoms with Crippen LogP contribution >= 0.6 is 27.5 Å². The lowest BCUT2D eigenvalue weighted by Gasteiger charge is -2.45. The first-order valence-electron chi connectivity index (χ1n) is 9.80. The third kappa shape index (κ3) is 3.29. The Morgan fingerprint density at radius 1 is 0.969 bits per heavy atom. The number of fused-ring (bicyclic) bond motifs is 2. The van der Waals surface area contributed by atoms with E-state index < -0.39 is 16.9 Å². The van der Waals surface area contributed by atoms with Gasteiger partial charge in [0.1, 0.15) is 36.9 Å². The zero-order chi connectivity index (χ0) is 23.6. The van der Waals surface area contributed by atoms with Gasteiger partial charge in [0.25, 0.3) is 0 Å². The summed E-state index contributed by atoms with van der Waals surface area (Å²) < 4.78 is 0.864. The van der Waals surface area contributed by atoms with E-state index in [-0.39, 0.29) is 56.9 Å². The lowest BCUT2D eigenvalue weighted by molar-refractivity contribution is -0.143. The number of hydrogen-bond donors (Lipinski definition) is 4. The molecule has 0 atom stereocenters. The van der Waals surface area contributed by atoms with Crippen molar-refractivity contribution in [3.8, 4) is 11.5 Å². The van der Waals surface area contributed by atoms with Crippen molar-refractivity contribution >= 4 is 98.5 Å². The van der Waals surface area contributed by atoms with Crippen molar-refractivity contribution in [2.24, 2.45) is 0 Å². The largest absolute Gasteiger partial charge is 0.504 e. The molecule has 0 aromatic heterocycles. The number of carbonyl (C=O) groups is 1. The molecule has 2 aliphatic carbocycles. The van der Waals surface area contributed by atoms with Crippen molar-refractivity contribution < 1.29 is 20.1 Å². The summed E-state index contributed by atoms with van der Waals surface area (Å²) in [5, 5.41) is 33.1. The van der Waals surface area contributed by atoms with Gasteiger partial charge in [-0.2, -0.15) is 0 Å². The van der Waals surface area contributed by atoms with Gasteiger partial charge in [0.05, 0.1) is 0 Å². The number of nitrogens with one attached hydrogen (secondary N) is 1. The average Bonchev–Trinajstić information content (AvgIpc) is 3.00. The van der Waals surface area contributed by atoms with Gasteiger partial charge in [-0.1, -0.05) is 43.9 Å². The van der Waals surface area contributed by atoms with Crippen LogP contribution in [-0.2, 0) is 10.2 Å². The standard InChI is InChI=1S/C21H15B4BrClNO4/c22-13-14(23)17(27)16(25)18(15(13)24)28-21(19(31)32)3-1-20(2-4-21)9-7-11(30)10(29)5-8(9)6-12(20)26/h5-7,28-30H,1-4H2,(H,31,32). The molecule has 0 amide bonds. The van der Waals surface area contributed by atoms with Crippen LogP contribution in [0.15, 0.2) is 16.6 Å². The Morgan fingerprint density at radius 2 is 1.56 bits per heavy atom. The van der Waals surface area contributed by atoms with Gasteiger partial charge < -0.3 is 20.6 Å². The lowest BCUT2D eigenvalue weighted by Crippen LogP contribution is -2.55. The highest BCUT2D eigenvalue weighted by Gasteiger charge is 2.51. The molecule has 1 fully saturated rings. The maximum absolute atomic E-state index is 12.4. The van der Waals surface area contributed by atoms with E-state index in [0.717, 1.165) is 15.6 Å². The van der Waals surface area contributed by atoms with Crippen LogP contribution in [0.1, 0.15) is 36.8 Å². The number of hydrogen-bond acceptors (Lipinski definition) is 4. The van der Waals surface area contributed by atoms with Gasteiger partial charge in [-0.05, 0) is 55.0 Å². The molecule has 11 heteroatoms. The topological polar surface area (TPSA) is 89.8 Å². The van der Waals surface area contributed by atoms with Gasteiger partial charge in [0.15, 0.2) is 11.5 Å². The zero-order valence-corrected chi connectivity index (χ0v) is 19.2. The van der Waals surface area contributed by atoms with Crippen LogP contribution in [0.3, 0.4) is 0 Å². The molecule has 32 heavy (non-hydrogen) atoms. The van der Waals surface area contributed by atoms with Crippen LogP contribution in [-0.4, -0.2) is 58.2 Å². The third-order valence-electron chi connectivity index (χ3n) is 6.72. The van der Waals surface area contributed by atoms with E-state index >= 15 is 0 Å².